The molecule has 0 saturated heterocycles. The third kappa shape index (κ3) is 5.67. The Morgan fingerprint density at radius 3 is 2.55 bits per heavy atom. The average Bonchev–Trinajstić information content (AvgIpc) is 3.29. The molecule has 2 aromatic heterocycles. The highest BCUT2D eigenvalue weighted by atomic mass is 32.2. The normalized spacial score (nSPS) is 11.2. The van der Waals surface area contributed by atoms with Crippen LogP contribution in [0.4, 0.5) is 0 Å². The third-order valence-corrected chi connectivity index (χ3v) is 5.84. The number of carbonyl (C=O) groups is 1. The van der Waals surface area contributed by atoms with Gasteiger partial charge >= 0.3 is 0 Å². The van der Waals surface area contributed by atoms with Gasteiger partial charge in [0, 0.05) is 11.9 Å². The van der Waals surface area contributed by atoms with Crippen LogP contribution in [0.3, 0.4) is 0 Å². The number of fused-ring (bicyclic) bond motifs is 1. The molecule has 170 valence electrons. The maximum atomic E-state index is 13.0. The summed E-state index contributed by atoms with van der Waals surface area (Å²) in [5.41, 5.74) is 1.20. The number of rotatable bonds is 9. The fourth-order valence-electron chi connectivity index (χ4n) is 3.30. The molecule has 0 fully saturated rings. The van der Waals surface area contributed by atoms with Gasteiger partial charge in [-0.3, -0.25) is 9.59 Å². The number of nitrogens with one attached hydrogen (secondary N) is 1. The van der Waals surface area contributed by atoms with Gasteiger partial charge in [-0.25, -0.2) is 4.68 Å². The van der Waals surface area contributed by atoms with Gasteiger partial charge < -0.3 is 9.73 Å². The highest BCUT2D eigenvalue weighted by Gasteiger charge is 2.18. The van der Waals surface area contributed by atoms with Crippen LogP contribution in [0.15, 0.2) is 69.0 Å². The molecule has 2 aromatic carbocycles. The highest BCUT2D eigenvalue weighted by molar-refractivity contribution is 7.99. The van der Waals surface area contributed by atoms with Crippen molar-refractivity contribution in [2.75, 3.05) is 12.3 Å². The Morgan fingerprint density at radius 2 is 1.79 bits per heavy atom. The Morgan fingerprint density at radius 1 is 1.06 bits per heavy atom. The molecule has 0 aliphatic rings. The Kier molecular flexibility index (Phi) is 7.19. The lowest BCUT2D eigenvalue weighted by Gasteiger charge is -2.09. The Balaban J connectivity index is 1.57. The van der Waals surface area contributed by atoms with E-state index in [-0.39, 0.29) is 28.3 Å². The molecule has 0 aliphatic heterocycles. The predicted molar refractivity (Wildman–Crippen MR) is 128 cm³/mol. The van der Waals surface area contributed by atoms with E-state index >= 15 is 0 Å². The molecular weight excluding hydrogens is 438 g/mol. The largest absolute Gasteiger partial charge is 0.409 e. The number of carbonyl (C=O) groups excluding carboxylic acids is 1. The Labute approximate surface area is 195 Å². The highest BCUT2D eigenvalue weighted by Crippen LogP contribution is 2.26. The summed E-state index contributed by atoms with van der Waals surface area (Å²) in [5.74, 6) is 0.835. The van der Waals surface area contributed by atoms with Crippen molar-refractivity contribution in [1.29, 1.82) is 0 Å². The zero-order valence-corrected chi connectivity index (χ0v) is 19.3. The molecule has 33 heavy (non-hydrogen) atoms. The first-order valence-electron chi connectivity index (χ1n) is 10.8. The first kappa shape index (κ1) is 22.7. The molecule has 0 aliphatic carbocycles. The van der Waals surface area contributed by atoms with Crippen LogP contribution in [0.1, 0.15) is 25.8 Å². The molecule has 2 heterocycles. The standard InChI is InChI=1S/C24H25N5O3S/c1-16(2)12-13-25-20(30)15-33-24-27-26-22(32-24)21-18-10-6-7-11-19(18)23(31)29(28-21)14-17-8-4-3-5-9-17/h3-11,16H,12-15H2,1-2H3,(H,25,30). The fraction of sp³-hybridized carbons (Fsp3) is 0.292. The average molecular weight is 464 g/mol. The van der Waals surface area contributed by atoms with Gasteiger partial charge in [-0.2, -0.15) is 5.10 Å². The zero-order valence-electron chi connectivity index (χ0n) is 18.5. The monoisotopic (exact) mass is 463 g/mol. The van der Waals surface area contributed by atoms with E-state index in [9.17, 15) is 9.59 Å². The van der Waals surface area contributed by atoms with Crippen molar-refractivity contribution in [3.63, 3.8) is 0 Å². The molecule has 0 unspecified atom stereocenters. The summed E-state index contributed by atoms with van der Waals surface area (Å²) in [6.07, 6.45) is 0.929. The van der Waals surface area contributed by atoms with Crippen LogP contribution in [0.2, 0.25) is 0 Å². The van der Waals surface area contributed by atoms with E-state index in [1.54, 1.807) is 6.07 Å². The van der Waals surface area contributed by atoms with Gasteiger partial charge in [-0.1, -0.05) is 74.1 Å². The van der Waals surface area contributed by atoms with Gasteiger partial charge in [0.05, 0.1) is 17.7 Å². The van der Waals surface area contributed by atoms with E-state index in [1.165, 1.54) is 16.4 Å². The number of thioether (sulfide) groups is 1. The molecule has 0 saturated carbocycles. The van der Waals surface area contributed by atoms with Crippen molar-refractivity contribution >= 4 is 28.4 Å². The molecule has 1 N–H and O–H groups in total. The van der Waals surface area contributed by atoms with Crippen molar-refractivity contribution in [2.24, 2.45) is 5.92 Å². The first-order valence-corrected chi connectivity index (χ1v) is 11.8. The number of benzene rings is 2. The van der Waals surface area contributed by atoms with Crippen molar-refractivity contribution in [2.45, 2.75) is 32.0 Å². The smallest absolute Gasteiger partial charge is 0.277 e. The van der Waals surface area contributed by atoms with E-state index < -0.39 is 0 Å². The van der Waals surface area contributed by atoms with Gasteiger partial charge in [0.2, 0.25) is 5.91 Å². The number of hydrogen-bond donors (Lipinski definition) is 1. The summed E-state index contributed by atoms with van der Waals surface area (Å²) in [4.78, 5) is 25.0. The minimum atomic E-state index is -0.189. The molecule has 0 bridgehead atoms. The van der Waals surface area contributed by atoms with Crippen molar-refractivity contribution in [1.82, 2.24) is 25.3 Å². The van der Waals surface area contributed by atoms with Gasteiger partial charge in [-0.15, -0.1) is 10.2 Å². The van der Waals surface area contributed by atoms with Crippen molar-refractivity contribution in [3.05, 3.63) is 70.5 Å². The van der Waals surface area contributed by atoms with E-state index in [1.807, 2.05) is 48.5 Å². The van der Waals surface area contributed by atoms with Crippen LogP contribution in [0.5, 0.6) is 0 Å². The summed E-state index contributed by atoms with van der Waals surface area (Å²) in [6.45, 7) is 5.19. The lowest BCUT2D eigenvalue weighted by Crippen LogP contribution is -2.26. The minimum Gasteiger partial charge on any atom is -0.409 e. The fourth-order valence-corrected chi connectivity index (χ4v) is 3.89. The Hall–Kier alpha value is -3.46. The lowest BCUT2D eigenvalue weighted by molar-refractivity contribution is -0.118. The van der Waals surface area contributed by atoms with Crippen LogP contribution in [-0.2, 0) is 11.3 Å². The molecule has 8 nitrogen and oxygen atoms in total. The number of hydrogen-bond acceptors (Lipinski definition) is 7. The van der Waals surface area contributed by atoms with Gasteiger partial charge in [-0.05, 0) is 24.0 Å². The number of nitrogens with zero attached hydrogens (tertiary/aromatic N) is 4. The Bertz CT molecular complexity index is 1300. The van der Waals surface area contributed by atoms with Crippen LogP contribution < -0.4 is 10.9 Å². The van der Waals surface area contributed by atoms with Crippen molar-refractivity contribution in [3.8, 4) is 11.6 Å². The molecule has 0 spiro atoms. The second kappa shape index (κ2) is 10.4. The predicted octanol–water partition coefficient (Wildman–Crippen LogP) is 3.75. The van der Waals surface area contributed by atoms with Crippen molar-refractivity contribution < 1.29 is 9.21 Å². The van der Waals surface area contributed by atoms with Crippen LogP contribution in [0.25, 0.3) is 22.4 Å². The second-order valence-electron chi connectivity index (χ2n) is 8.04. The van der Waals surface area contributed by atoms with E-state index in [0.29, 0.717) is 35.5 Å². The molecular formula is C24H25N5O3S. The second-order valence-corrected chi connectivity index (χ2v) is 8.96. The molecule has 0 radical (unpaired) electrons. The van der Waals surface area contributed by atoms with Crippen LogP contribution >= 0.6 is 11.8 Å². The molecule has 4 rings (SSSR count). The molecule has 9 heteroatoms. The van der Waals surface area contributed by atoms with Gasteiger partial charge in [0.15, 0.2) is 5.69 Å². The SMILES string of the molecule is CC(C)CCNC(=O)CSc1nnc(-c2nn(Cc3ccccc3)c(=O)c3ccccc23)o1. The maximum absolute atomic E-state index is 13.0. The summed E-state index contributed by atoms with van der Waals surface area (Å²) in [7, 11) is 0. The summed E-state index contributed by atoms with van der Waals surface area (Å²) >= 11 is 1.17. The third-order valence-electron chi connectivity index (χ3n) is 5.02. The molecule has 0 atom stereocenters. The first-order chi connectivity index (χ1) is 16.0. The van der Waals surface area contributed by atoms with E-state index in [2.05, 4.69) is 34.5 Å². The number of amides is 1. The molecule has 1 amide bonds. The van der Waals surface area contributed by atoms with Crippen LogP contribution in [0, 0.1) is 5.92 Å². The number of aromatic nitrogens is 4. The maximum Gasteiger partial charge on any atom is 0.277 e. The summed E-state index contributed by atoms with van der Waals surface area (Å²) < 4.78 is 7.21. The van der Waals surface area contributed by atoms with E-state index in [4.69, 9.17) is 4.42 Å². The topological polar surface area (TPSA) is 103 Å². The molecule has 4 aromatic rings. The minimum absolute atomic E-state index is 0.0830. The lowest BCUT2D eigenvalue weighted by atomic mass is 10.1. The summed E-state index contributed by atoms with van der Waals surface area (Å²) in [5, 5.41) is 17.1. The zero-order chi connectivity index (χ0) is 23.2. The quantitative estimate of drug-likeness (QED) is 0.377. The van der Waals surface area contributed by atoms with Gasteiger partial charge in [0.1, 0.15) is 0 Å². The van der Waals surface area contributed by atoms with Crippen LogP contribution in [-0.4, -0.2) is 38.2 Å². The summed E-state index contributed by atoms with van der Waals surface area (Å²) in [6, 6.07) is 16.9. The van der Waals surface area contributed by atoms with E-state index in [0.717, 1.165) is 12.0 Å². The van der Waals surface area contributed by atoms with Gasteiger partial charge in [0.25, 0.3) is 16.7 Å².